The van der Waals surface area contributed by atoms with Gasteiger partial charge in [-0.1, -0.05) is 0 Å². The summed E-state index contributed by atoms with van der Waals surface area (Å²) in [5, 5.41) is 21.2. The molecular weight excluding hydrogens is 268 g/mol. The zero-order valence-corrected chi connectivity index (χ0v) is 12.5. The monoisotopic (exact) mass is 282 g/mol. The Morgan fingerprint density at radius 3 is 2.47 bits per heavy atom. The molecule has 2 rings (SSSR count). The first-order chi connectivity index (χ1) is 8.94. The van der Waals surface area contributed by atoms with Gasteiger partial charge < -0.3 is 4.74 Å². The SMILES string of the molecule is O=[N+]([O-])c1ccc(C2([SiH3])CCCCO2)c([N+](=O)[O-])c1. The van der Waals surface area contributed by atoms with Crippen LogP contribution in [0.2, 0.25) is 0 Å². The Bertz CT molecular complexity index is 528. The van der Waals surface area contributed by atoms with Crippen molar-refractivity contribution in [3.63, 3.8) is 0 Å². The van der Waals surface area contributed by atoms with Crippen LogP contribution in [0.1, 0.15) is 24.8 Å². The largest absolute Gasteiger partial charge is 0.375 e. The normalized spacial score (nSPS) is 23.2. The van der Waals surface area contributed by atoms with E-state index < -0.39 is 15.1 Å². The summed E-state index contributed by atoms with van der Waals surface area (Å²) in [6.45, 7) is 0.581. The maximum absolute atomic E-state index is 11.1. The highest BCUT2D eigenvalue weighted by Crippen LogP contribution is 2.38. The Labute approximate surface area is 112 Å². The lowest BCUT2D eigenvalue weighted by molar-refractivity contribution is -0.395. The van der Waals surface area contributed by atoms with E-state index in [9.17, 15) is 20.2 Å². The van der Waals surface area contributed by atoms with E-state index in [4.69, 9.17) is 4.74 Å². The molecule has 1 aliphatic rings. The number of non-ortho nitro benzene ring substituents is 1. The number of rotatable bonds is 3. The molecule has 0 amide bonds. The number of nitro benzene ring substituents is 2. The molecule has 0 N–H and O–H groups in total. The van der Waals surface area contributed by atoms with Crippen LogP contribution >= 0.6 is 0 Å². The summed E-state index contributed by atoms with van der Waals surface area (Å²) in [5.74, 6) is 0. The molecule has 0 aliphatic carbocycles. The number of hydrogen-bond donors (Lipinski definition) is 0. The van der Waals surface area contributed by atoms with Crippen LogP contribution in [0.5, 0.6) is 0 Å². The smallest absolute Gasteiger partial charge is 0.281 e. The fourth-order valence-electron chi connectivity index (χ4n) is 2.38. The van der Waals surface area contributed by atoms with Crippen LogP contribution < -0.4 is 0 Å². The van der Waals surface area contributed by atoms with Crippen molar-refractivity contribution in [2.75, 3.05) is 6.61 Å². The quantitative estimate of drug-likeness (QED) is 0.472. The topological polar surface area (TPSA) is 95.5 Å². The highest BCUT2D eigenvalue weighted by molar-refractivity contribution is 6.15. The molecule has 102 valence electrons. The van der Waals surface area contributed by atoms with Crippen LogP contribution in [0.25, 0.3) is 0 Å². The molecule has 8 heteroatoms. The van der Waals surface area contributed by atoms with Gasteiger partial charge in [0.05, 0.1) is 26.7 Å². The minimum Gasteiger partial charge on any atom is -0.375 e. The van der Waals surface area contributed by atoms with Crippen molar-refractivity contribution >= 4 is 21.6 Å². The third kappa shape index (κ3) is 2.64. The average Bonchev–Trinajstić information content (AvgIpc) is 2.38. The lowest BCUT2D eigenvalue weighted by atomic mass is 9.98. The minimum atomic E-state index is -0.627. The Balaban J connectivity index is 2.50. The molecular formula is C11H14N2O5Si. The number of ether oxygens (including phenoxy) is 1. The van der Waals surface area contributed by atoms with Gasteiger partial charge in [-0.3, -0.25) is 20.2 Å². The lowest BCUT2D eigenvalue weighted by Gasteiger charge is -2.34. The maximum Gasteiger partial charge on any atom is 0.281 e. The zero-order chi connectivity index (χ0) is 14.0. The first-order valence-corrected chi connectivity index (χ1v) is 7.01. The number of hydrogen-bond acceptors (Lipinski definition) is 5. The van der Waals surface area contributed by atoms with Gasteiger partial charge in [-0.15, -0.1) is 0 Å². The molecule has 1 atom stereocenters. The van der Waals surface area contributed by atoms with Crippen LogP contribution in [-0.2, 0) is 9.96 Å². The molecule has 1 aromatic carbocycles. The Morgan fingerprint density at radius 1 is 1.21 bits per heavy atom. The standard InChI is InChI=1S/C11H14N2O5Si/c14-12(15)8-3-4-9(10(7-8)13(16)17)11(19)5-1-2-6-18-11/h3-4,7H,1-2,5-6H2,19H3. The second kappa shape index (κ2) is 5.06. The van der Waals surface area contributed by atoms with Crippen LogP contribution in [0, 0.1) is 20.2 Å². The highest BCUT2D eigenvalue weighted by Gasteiger charge is 2.36. The van der Waals surface area contributed by atoms with Crippen LogP contribution in [0.15, 0.2) is 18.2 Å². The molecule has 0 bridgehead atoms. The Morgan fingerprint density at radius 2 is 1.95 bits per heavy atom. The number of benzene rings is 1. The Kier molecular flexibility index (Phi) is 3.63. The van der Waals surface area contributed by atoms with Crippen molar-refractivity contribution in [3.8, 4) is 0 Å². The van der Waals surface area contributed by atoms with Crippen molar-refractivity contribution in [1.29, 1.82) is 0 Å². The molecule has 1 unspecified atom stereocenters. The molecule has 0 radical (unpaired) electrons. The maximum atomic E-state index is 11.1. The second-order valence-electron chi connectivity index (χ2n) is 4.75. The van der Waals surface area contributed by atoms with Crippen molar-refractivity contribution in [1.82, 2.24) is 0 Å². The van der Waals surface area contributed by atoms with Gasteiger partial charge in [0.1, 0.15) is 0 Å². The van der Waals surface area contributed by atoms with E-state index in [1.807, 2.05) is 0 Å². The van der Waals surface area contributed by atoms with Gasteiger partial charge >= 0.3 is 0 Å². The highest BCUT2D eigenvalue weighted by atomic mass is 28.1. The first-order valence-electron chi connectivity index (χ1n) is 6.01. The molecule has 7 nitrogen and oxygen atoms in total. The van der Waals surface area contributed by atoms with Crippen molar-refractivity contribution in [2.45, 2.75) is 24.5 Å². The van der Waals surface area contributed by atoms with Gasteiger partial charge in [0.2, 0.25) is 0 Å². The van der Waals surface area contributed by atoms with Crippen molar-refractivity contribution < 1.29 is 14.6 Å². The molecule has 1 aromatic rings. The number of nitrogens with zero attached hydrogens (tertiary/aromatic N) is 2. The van der Waals surface area contributed by atoms with Crippen molar-refractivity contribution in [3.05, 3.63) is 44.0 Å². The van der Waals surface area contributed by atoms with Crippen LogP contribution in [-0.4, -0.2) is 26.7 Å². The fourth-order valence-corrected chi connectivity index (χ4v) is 3.36. The summed E-state index contributed by atoms with van der Waals surface area (Å²) in [4.78, 5) is 20.6. The van der Waals surface area contributed by atoms with Gasteiger partial charge in [-0.2, -0.15) is 0 Å². The predicted molar refractivity (Wildman–Crippen MR) is 71.2 cm³/mol. The second-order valence-corrected chi connectivity index (χ2v) is 6.37. The molecule has 0 aromatic heterocycles. The van der Waals surface area contributed by atoms with E-state index in [1.54, 1.807) is 0 Å². The molecule has 0 spiro atoms. The minimum absolute atomic E-state index is 0.217. The van der Waals surface area contributed by atoms with E-state index in [2.05, 4.69) is 0 Å². The zero-order valence-electron chi connectivity index (χ0n) is 10.5. The van der Waals surface area contributed by atoms with Crippen molar-refractivity contribution in [2.24, 2.45) is 0 Å². The molecule has 19 heavy (non-hydrogen) atoms. The van der Waals surface area contributed by atoms with Crippen LogP contribution in [0.4, 0.5) is 11.4 Å². The average molecular weight is 282 g/mol. The summed E-state index contributed by atoms with van der Waals surface area (Å²) in [6, 6.07) is 3.79. The fraction of sp³-hybridized carbons (Fsp3) is 0.455. The summed E-state index contributed by atoms with van der Waals surface area (Å²) in [7, 11) is 0.610. The molecule has 0 saturated carbocycles. The van der Waals surface area contributed by atoms with E-state index in [1.165, 1.54) is 12.1 Å². The van der Waals surface area contributed by atoms with Gasteiger partial charge in [-0.25, -0.2) is 0 Å². The molecule has 1 heterocycles. The van der Waals surface area contributed by atoms with Crippen LogP contribution in [0.3, 0.4) is 0 Å². The summed E-state index contributed by atoms with van der Waals surface area (Å²) >= 11 is 0. The first kappa shape index (κ1) is 13.6. The Hall–Kier alpha value is -1.80. The number of nitro groups is 2. The molecule has 1 aliphatic heterocycles. The van der Waals surface area contributed by atoms with E-state index >= 15 is 0 Å². The van der Waals surface area contributed by atoms with Gasteiger partial charge in [0.15, 0.2) is 0 Å². The summed E-state index contributed by atoms with van der Waals surface area (Å²) in [5.41, 5.74) is -0.0166. The van der Waals surface area contributed by atoms with E-state index in [-0.39, 0.29) is 11.4 Å². The van der Waals surface area contributed by atoms with E-state index in [0.29, 0.717) is 22.4 Å². The molecule has 1 saturated heterocycles. The summed E-state index contributed by atoms with van der Waals surface area (Å²) < 4.78 is 5.73. The third-order valence-electron chi connectivity index (χ3n) is 3.43. The predicted octanol–water partition coefficient (Wildman–Crippen LogP) is 1.22. The van der Waals surface area contributed by atoms with Gasteiger partial charge in [-0.05, 0) is 25.3 Å². The summed E-state index contributed by atoms with van der Waals surface area (Å²) in [6.07, 6.45) is 2.64. The van der Waals surface area contributed by atoms with Gasteiger partial charge in [0.25, 0.3) is 11.4 Å². The molecule has 1 fully saturated rings. The third-order valence-corrected chi connectivity index (χ3v) is 4.75. The van der Waals surface area contributed by atoms with E-state index in [0.717, 1.165) is 25.3 Å². The van der Waals surface area contributed by atoms with Gasteiger partial charge in [0, 0.05) is 22.9 Å². The lowest BCUT2D eigenvalue weighted by Crippen LogP contribution is -2.34.